The van der Waals surface area contributed by atoms with Crippen LogP contribution in [0.15, 0.2) is 0 Å². The lowest BCUT2D eigenvalue weighted by atomic mass is 9.98. The van der Waals surface area contributed by atoms with Crippen LogP contribution in [0.25, 0.3) is 0 Å². The maximum absolute atomic E-state index is 11.7. The minimum atomic E-state index is -0.815. The Bertz CT molecular complexity index is 323. The number of carbonyl (C=O) groups is 2. The van der Waals surface area contributed by atoms with E-state index in [1.54, 1.807) is 0 Å². The summed E-state index contributed by atoms with van der Waals surface area (Å²) in [5.74, 6) is -0.302. The van der Waals surface area contributed by atoms with E-state index in [2.05, 4.69) is 22.6 Å². The van der Waals surface area contributed by atoms with Gasteiger partial charge >= 0.3 is 12.0 Å². The van der Waals surface area contributed by atoms with E-state index in [9.17, 15) is 9.59 Å². The molecule has 6 heteroatoms. The number of amides is 2. The van der Waals surface area contributed by atoms with Gasteiger partial charge in [-0.2, -0.15) is 0 Å². The molecule has 1 fully saturated rings. The molecule has 6 nitrogen and oxygen atoms in total. The van der Waals surface area contributed by atoms with Gasteiger partial charge in [-0.3, -0.25) is 4.79 Å². The van der Waals surface area contributed by atoms with Gasteiger partial charge in [-0.15, -0.1) is 0 Å². The Balaban J connectivity index is 2.17. The third kappa shape index (κ3) is 6.75. The Hall–Kier alpha value is -1.30. The first kappa shape index (κ1) is 16.8. The molecule has 1 saturated heterocycles. The summed E-state index contributed by atoms with van der Waals surface area (Å²) in [5, 5.41) is 14.4. The van der Waals surface area contributed by atoms with E-state index in [0.29, 0.717) is 19.0 Å². The van der Waals surface area contributed by atoms with Gasteiger partial charge in [-0.05, 0) is 38.3 Å². The molecule has 0 bridgehead atoms. The van der Waals surface area contributed by atoms with Gasteiger partial charge in [0.1, 0.15) is 0 Å². The zero-order valence-electron chi connectivity index (χ0n) is 12.5. The molecule has 2 unspecified atom stereocenters. The SMILES string of the molecule is CCC(CNC(=O)NCC1CCCN(C)C1)CC(=O)O. The summed E-state index contributed by atoms with van der Waals surface area (Å²) < 4.78 is 0. The molecule has 0 aromatic rings. The highest BCUT2D eigenvalue weighted by Gasteiger charge is 2.18. The zero-order chi connectivity index (χ0) is 15.0. The Morgan fingerprint density at radius 1 is 1.40 bits per heavy atom. The first-order valence-electron chi connectivity index (χ1n) is 7.43. The lowest BCUT2D eigenvalue weighted by molar-refractivity contribution is -0.138. The van der Waals surface area contributed by atoms with Gasteiger partial charge in [0.05, 0.1) is 0 Å². The lowest BCUT2D eigenvalue weighted by Crippen LogP contribution is -2.43. The number of likely N-dealkylation sites (tertiary alicyclic amines) is 1. The molecular weight excluding hydrogens is 258 g/mol. The molecular formula is C14H27N3O3. The standard InChI is InChI=1S/C14H27N3O3/c1-3-11(7-13(18)19)8-15-14(20)16-9-12-5-4-6-17(2)10-12/h11-12H,3-10H2,1-2H3,(H,18,19)(H2,15,16,20). The third-order valence-electron chi connectivity index (χ3n) is 3.87. The Morgan fingerprint density at radius 3 is 2.75 bits per heavy atom. The van der Waals surface area contributed by atoms with Crippen LogP contribution in [0.1, 0.15) is 32.6 Å². The quantitative estimate of drug-likeness (QED) is 0.655. The summed E-state index contributed by atoms with van der Waals surface area (Å²) in [4.78, 5) is 24.6. The van der Waals surface area contributed by atoms with E-state index in [1.165, 1.54) is 6.42 Å². The van der Waals surface area contributed by atoms with Crippen LogP contribution >= 0.6 is 0 Å². The fraction of sp³-hybridized carbons (Fsp3) is 0.857. The summed E-state index contributed by atoms with van der Waals surface area (Å²) in [6.07, 6.45) is 3.19. The van der Waals surface area contributed by atoms with Gasteiger partial charge in [-0.25, -0.2) is 4.79 Å². The first-order valence-corrected chi connectivity index (χ1v) is 7.43. The molecule has 1 heterocycles. The molecule has 2 atom stereocenters. The number of carboxylic acid groups (broad SMARTS) is 1. The number of rotatable bonds is 7. The summed E-state index contributed by atoms with van der Waals surface area (Å²) in [7, 11) is 2.10. The van der Waals surface area contributed by atoms with Crippen molar-refractivity contribution in [2.45, 2.75) is 32.6 Å². The fourth-order valence-corrected chi connectivity index (χ4v) is 2.58. The molecule has 0 aromatic heterocycles. The molecule has 1 aliphatic rings. The minimum absolute atomic E-state index is 0.000867. The highest BCUT2D eigenvalue weighted by Crippen LogP contribution is 2.13. The Kier molecular flexibility index (Phi) is 7.36. The Labute approximate surface area is 120 Å². The second-order valence-corrected chi connectivity index (χ2v) is 5.73. The van der Waals surface area contributed by atoms with Crippen molar-refractivity contribution in [2.24, 2.45) is 11.8 Å². The van der Waals surface area contributed by atoms with Crippen LogP contribution in [0.2, 0.25) is 0 Å². The summed E-state index contributed by atoms with van der Waals surface area (Å²) in [5.41, 5.74) is 0. The molecule has 0 aromatic carbocycles. The normalized spacial score (nSPS) is 21.2. The highest BCUT2D eigenvalue weighted by atomic mass is 16.4. The van der Waals surface area contributed by atoms with E-state index >= 15 is 0 Å². The predicted octanol–water partition coefficient (Wildman–Crippen LogP) is 1.13. The van der Waals surface area contributed by atoms with Crippen LogP contribution in [0.4, 0.5) is 4.79 Å². The number of hydrogen-bond acceptors (Lipinski definition) is 3. The van der Waals surface area contributed by atoms with Crippen LogP contribution in [0.3, 0.4) is 0 Å². The van der Waals surface area contributed by atoms with Crippen molar-refractivity contribution < 1.29 is 14.7 Å². The van der Waals surface area contributed by atoms with Crippen molar-refractivity contribution in [3.8, 4) is 0 Å². The van der Waals surface area contributed by atoms with E-state index in [4.69, 9.17) is 5.11 Å². The number of nitrogens with zero attached hydrogens (tertiary/aromatic N) is 1. The van der Waals surface area contributed by atoms with Gasteiger partial charge in [0, 0.05) is 26.1 Å². The van der Waals surface area contributed by atoms with Gasteiger partial charge in [0.2, 0.25) is 0 Å². The number of carboxylic acids is 1. The summed E-state index contributed by atoms with van der Waals surface area (Å²) in [6.45, 7) is 5.20. The topological polar surface area (TPSA) is 81.7 Å². The molecule has 1 rings (SSSR count). The van der Waals surface area contributed by atoms with Crippen LogP contribution in [-0.2, 0) is 4.79 Å². The van der Waals surface area contributed by atoms with E-state index < -0.39 is 5.97 Å². The number of carbonyl (C=O) groups excluding carboxylic acids is 1. The number of urea groups is 1. The summed E-state index contributed by atoms with van der Waals surface area (Å²) >= 11 is 0. The lowest BCUT2D eigenvalue weighted by Gasteiger charge is -2.29. The zero-order valence-corrected chi connectivity index (χ0v) is 12.5. The number of hydrogen-bond donors (Lipinski definition) is 3. The van der Waals surface area contributed by atoms with Crippen molar-refractivity contribution in [1.29, 1.82) is 0 Å². The number of nitrogens with one attached hydrogen (secondary N) is 2. The maximum atomic E-state index is 11.7. The molecule has 20 heavy (non-hydrogen) atoms. The van der Waals surface area contributed by atoms with Crippen molar-refractivity contribution in [3.05, 3.63) is 0 Å². The van der Waals surface area contributed by atoms with Gasteiger partial charge < -0.3 is 20.6 Å². The van der Waals surface area contributed by atoms with Gasteiger partial charge in [0.15, 0.2) is 0 Å². The van der Waals surface area contributed by atoms with E-state index in [-0.39, 0.29) is 18.4 Å². The van der Waals surface area contributed by atoms with E-state index in [1.807, 2.05) is 6.92 Å². The second kappa shape index (κ2) is 8.79. The molecule has 0 spiro atoms. The molecule has 0 saturated carbocycles. The van der Waals surface area contributed by atoms with Crippen molar-refractivity contribution in [3.63, 3.8) is 0 Å². The van der Waals surface area contributed by atoms with Crippen molar-refractivity contribution in [2.75, 3.05) is 33.2 Å². The van der Waals surface area contributed by atoms with Crippen molar-refractivity contribution >= 4 is 12.0 Å². The average Bonchev–Trinajstić information content (AvgIpc) is 2.40. The molecule has 0 aliphatic carbocycles. The number of piperidine rings is 1. The predicted molar refractivity (Wildman–Crippen MR) is 77.7 cm³/mol. The van der Waals surface area contributed by atoms with Crippen LogP contribution in [0.5, 0.6) is 0 Å². The number of aliphatic carboxylic acids is 1. The average molecular weight is 285 g/mol. The molecule has 0 radical (unpaired) electrons. The van der Waals surface area contributed by atoms with Gasteiger partial charge in [-0.1, -0.05) is 13.3 Å². The first-order chi connectivity index (χ1) is 9.51. The minimum Gasteiger partial charge on any atom is -0.481 e. The Morgan fingerprint density at radius 2 is 2.15 bits per heavy atom. The van der Waals surface area contributed by atoms with E-state index in [0.717, 1.165) is 25.9 Å². The van der Waals surface area contributed by atoms with Gasteiger partial charge in [0.25, 0.3) is 0 Å². The largest absolute Gasteiger partial charge is 0.481 e. The molecule has 3 N–H and O–H groups in total. The third-order valence-corrected chi connectivity index (χ3v) is 3.87. The van der Waals surface area contributed by atoms with Crippen LogP contribution in [-0.4, -0.2) is 55.2 Å². The second-order valence-electron chi connectivity index (χ2n) is 5.73. The van der Waals surface area contributed by atoms with Crippen LogP contribution in [0, 0.1) is 11.8 Å². The molecule has 1 aliphatic heterocycles. The highest BCUT2D eigenvalue weighted by molar-refractivity contribution is 5.74. The monoisotopic (exact) mass is 285 g/mol. The van der Waals surface area contributed by atoms with Crippen molar-refractivity contribution in [1.82, 2.24) is 15.5 Å². The maximum Gasteiger partial charge on any atom is 0.314 e. The molecule has 116 valence electrons. The van der Waals surface area contributed by atoms with Crippen LogP contribution < -0.4 is 10.6 Å². The summed E-state index contributed by atoms with van der Waals surface area (Å²) in [6, 6.07) is -0.193. The fourth-order valence-electron chi connectivity index (χ4n) is 2.58. The molecule has 2 amide bonds. The smallest absolute Gasteiger partial charge is 0.314 e.